The van der Waals surface area contributed by atoms with Crippen molar-refractivity contribution in [2.75, 3.05) is 33.4 Å². The average Bonchev–Trinajstić information content (AvgIpc) is 2.93. The van der Waals surface area contributed by atoms with Gasteiger partial charge in [0.25, 0.3) is 0 Å². The summed E-state index contributed by atoms with van der Waals surface area (Å²) in [5.41, 5.74) is 0.895. The fourth-order valence-corrected chi connectivity index (χ4v) is 2.26. The molecule has 0 amide bonds. The van der Waals surface area contributed by atoms with Crippen molar-refractivity contribution in [2.45, 2.75) is 12.8 Å². The predicted octanol–water partition coefficient (Wildman–Crippen LogP) is 1.46. The van der Waals surface area contributed by atoms with Crippen LogP contribution in [0.5, 0.6) is 11.5 Å². The topological polar surface area (TPSA) is 60.1 Å². The lowest BCUT2D eigenvalue weighted by Gasteiger charge is -2.16. The maximum Gasteiger partial charge on any atom is 0.161 e. The lowest BCUT2D eigenvalue weighted by molar-refractivity contribution is 0.230. The summed E-state index contributed by atoms with van der Waals surface area (Å²) in [5.74, 6) is 6.60. The molecule has 0 aromatic heterocycles. The Labute approximate surface area is 114 Å². The van der Waals surface area contributed by atoms with E-state index in [1.54, 1.807) is 13.3 Å². The van der Waals surface area contributed by atoms with Crippen LogP contribution in [0, 0.1) is 0 Å². The van der Waals surface area contributed by atoms with Crippen molar-refractivity contribution in [3.63, 3.8) is 0 Å². The molecule has 0 spiro atoms. The third-order valence-corrected chi connectivity index (χ3v) is 3.28. The first-order valence-corrected chi connectivity index (χ1v) is 6.60. The van der Waals surface area contributed by atoms with Crippen LogP contribution in [0.2, 0.25) is 0 Å². The minimum Gasteiger partial charge on any atom is -0.493 e. The molecule has 0 unspecified atom stereocenters. The molecule has 0 radical (unpaired) electrons. The summed E-state index contributed by atoms with van der Waals surface area (Å²) in [6.07, 6.45) is 4.18. The molecular formula is C14H21N3O2. The largest absolute Gasteiger partial charge is 0.493 e. The Bertz CT molecular complexity index is 429. The van der Waals surface area contributed by atoms with Crippen LogP contribution >= 0.6 is 0 Å². The molecule has 1 aliphatic rings. The molecule has 1 aromatic carbocycles. The van der Waals surface area contributed by atoms with Gasteiger partial charge in [0, 0.05) is 6.54 Å². The zero-order valence-electron chi connectivity index (χ0n) is 11.3. The Morgan fingerprint density at radius 3 is 2.79 bits per heavy atom. The predicted molar refractivity (Wildman–Crippen MR) is 75.9 cm³/mol. The van der Waals surface area contributed by atoms with Crippen molar-refractivity contribution >= 4 is 6.21 Å². The Balaban J connectivity index is 1.91. The van der Waals surface area contributed by atoms with E-state index < -0.39 is 0 Å². The van der Waals surface area contributed by atoms with E-state index in [-0.39, 0.29) is 0 Å². The summed E-state index contributed by atoms with van der Waals surface area (Å²) < 4.78 is 11.1. The van der Waals surface area contributed by atoms with E-state index in [2.05, 4.69) is 10.0 Å². The lowest BCUT2D eigenvalue weighted by atomic mass is 10.2. The molecule has 0 aliphatic carbocycles. The monoisotopic (exact) mass is 263 g/mol. The van der Waals surface area contributed by atoms with Crippen LogP contribution in [-0.2, 0) is 0 Å². The molecule has 5 heteroatoms. The number of nitrogens with zero attached hydrogens (tertiary/aromatic N) is 2. The maximum atomic E-state index is 5.78. The number of hydrogen-bond donors (Lipinski definition) is 1. The fraction of sp³-hybridized carbons (Fsp3) is 0.500. The minimum absolute atomic E-state index is 0.681. The molecule has 0 bridgehead atoms. The van der Waals surface area contributed by atoms with Gasteiger partial charge in [-0.15, -0.1) is 0 Å². The van der Waals surface area contributed by atoms with E-state index in [0.29, 0.717) is 12.4 Å². The van der Waals surface area contributed by atoms with Gasteiger partial charge in [0.15, 0.2) is 11.5 Å². The van der Waals surface area contributed by atoms with Gasteiger partial charge in [0.2, 0.25) is 0 Å². The standard InChI is InChI=1S/C14H21N3O2/c1-18-14-10-12(11-16-15)4-5-13(14)19-9-8-17-6-2-3-7-17/h4-5,10-11H,2-3,6-9,15H2,1H3. The van der Waals surface area contributed by atoms with Gasteiger partial charge in [-0.2, -0.15) is 5.10 Å². The number of rotatable bonds is 6. The molecule has 1 heterocycles. The number of ether oxygens (including phenoxy) is 2. The quantitative estimate of drug-likeness (QED) is 0.479. The van der Waals surface area contributed by atoms with Gasteiger partial charge in [-0.3, -0.25) is 4.90 Å². The van der Waals surface area contributed by atoms with Gasteiger partial charge in [0.05, 0.1) is 13.3 Å². The van der Waals surface area contributed by atoms with Crippen molar-refractivity contribution in [3.8, 4) is 11.5 Å². The molecule has 19 heavy (non-hydrogen) atoms. The van der Waals surface area contributed by atoms with E-state index in [4.69, 9.17) is 15.3 Å². The van der Waals surface area contributed by atoms with Crippen LogP contribution in [0.1, 0.15) is 18.4 Å². The first-order valence-electron chi connectivity index (χ1n) is 6.60. The highest BCUT2D eigenvalue weighted by Crippen LogP contribution is 2.27. The molecule has 2 rings (SSSR count). The Morgan fingerprint density at radius 1 is 1.32 bits per heavy atom. The van der Waals surface area contributed by atoms with E-state index in [1.807, 2.05) is 18.2 Å². The van der Waals surface area contributed by atoms with Crippen molar-refractivity contribution in [1.82, 2.24) is 4.90 Å². The highest BCUT2D eigenvalue weighted by atomic mass is 16.5. The zero-order valence-corrected chi connectivity index (χ0v) is 11.3. The normalized spacial score (nSPS) is 16.1. The van der Waals surface area contributed by atoms with Gasteiger partial charge in [-0.25, -0.2) is 0 Å². The highest BCUT2D eigenvalue weighted by Gasteiger charge is 2.11. The number of hydrogen-bond acceptors (Lipinski definition) is 5. The zero-order chi connectivity index (χ0) is 13.5. The fourth-order valence-electron chi connectivity index (χ4n) is 2.26. The van der Waals surface area contributed by atoms with Crippen LogP contribution < -0.4 is 15.3 Å². The van der Waals surface area contributed by atoms with Crippen molar-refractivity contribution in [1.29, 1.82) is 0 Å². The molecule has 2 N–H and O–H groups in total. The molecule has 5 nitrogen and oxygen atoms in total. The van der Waals surface area contributed by atoms with E-state index >= 15 is 0 Å². The van der Waals surface area contributed by atoms with Gasteiger partial charge in [0.1, 0.15) is 6.61 Å². The first-order chi connectivity index (χ1) is 9.33. The number of likely N-dealkylation sites (tertiary alicyclic amines) is 1. The number of hydrazone groups is 1. The van der Waals surface area contributed by atoms with Crippen LogP contribution in [-0.4, -0.2) is 44.5 Å². The van der Waals surface area contributed by atoms with Crippen LogP contribution in [0.25, 0.3) is 0 Å². The van der Waals surface area contributed by atoms with Crippen LogP contribution in [0.15, 0.2) is 23.3 Å². The van der Waals surface area contributed by atoms with Crippen LogP contribution in [0.4, 0.5) is 0 Å². The van der Waals surface area contributed by atoms with Crippen molar-refractivity contribution in [2.24, 2.45) is 10.9 Å². The second-order valence-corrected chi connectivity index (χ2v) is 4.59. The van der Waals surface area contributed by atoms with Crippen molar-refractivity contribution < 1.29 is 9.47 Å². The molecule has 1 saturated heterocycles. The molecule has 1 aliphatic heterocycles. The number of benzene rings is 1. The summed E-state index contributed by atoms with van der Waals surface area (Å²) >= 11 is 0. The Hall–Kier alpha value is -1.75. The van der Waals surface area contributed by atoms with Crippen molar-refractivity contribution in [3.05, 3.63) is 23.8 Å². The van der Waals surface area contributed by atoms with Crippen LogP contribution in [0.3, 0.4) is 0 Å². The van der Waals surface area contributed by atoms with Gasteiger partial charge in [-0.1, -0.05) is 0 Å². The minimum atomic E-state index is 0.681. The molecule has 104 valence electrons. The second-order valence-electron chi connectivity index (χ2n) is 4.59. The van der Waals surface area contributed by atoms with Gasteiger partial charge in [-0.05, 0) is 49.7 Å². The maximum absolute atomic E-state index is 5.78. The Kier molecular flexibility index (Phi) is 5.03. The SMILES string of the molecule is COc1cc(C=NN)ccc1OCCN1CCCC1. The number of nitrogens with two attached hydrogens (primary N) is 1. The molecular weight excluding hydrogens is 242 g/mol. The molecule has 0 atom stereocenters. The molecule has 1 aromatic rings. The van der Waals surface area contributed by atoms with Gasteiger partial charge >= 0.3 is 0 Å². The summed E-state index contributed by atoms with van der Waals surface area (Å²) in [5, 5.41) is 3.50. The lowest BCUT2D eigenvalue weighted by Crippen LogP contribution is -2.25. The van der Waals surface area contributed by atoms with E-state index in [1.165, 1.54) is 25.9 Å². The van der Waals surface area contributed by atoms with Gasteiger partial charge < -0.3 is 15.3 Å². The molecule has 1 fully saturated rings. The van der Waals surface area contributed by atoms with E-state index in [9.17, 15) is 0 Å². The third-order valence-electron chi connectivity index (χ3n) is 3.28. The third kappa shape index (κ3) is 3.86. The first kappa shape index (κ1) is 13.7. The second kappa shape index (κ2) is 6.99. The summed E-state index contributed by atoms with van der Waals surface area (Å²) in [6, 6.07) is 5.66. The number of methoxy groups -OCH3 is 1. The average molecular weight is 263 g/mol. The summed E-state index contributed by atoms with van der Waals surface area (Å²) in [7, 11) is 1.63. The highest BCUT2D eigenvalue weighted by molar-refractivity contribution is 5.80. The summed E-state index contributed by atoms with van der Waals surface area (Å²) in [6.45, 7) is 4.02. The summed E-state index contributed by atoms with van der Waals surface area (Å²) in [4.78, 5) is 2.42. The molecule has 0 saturated carbocycles. The smallest absolute Gasteiger partial charge is 0.161 e. The van der Waals surface area contributed by atoms with E-state index in [0.717, 1.165) is 17.9 Å². The Morgan fingerprint density at radius 2 is 2.11 bits per heavy atom.